The third-order valence-corrected chi connectivity index (χ3v) is 5.22. The molecule has 0 spiro atoms. The first-order chi connectivity index (χ1) is 13.1. The van der Waals surface area contributed by atoms with Crippen molar-refractivity contribution >= 4 is 6.03 Å². The van der Waals surface area contributed by atoms with Crippen LogP contribution in [0.1, 0.15) is 35.7 Å². The SMILES string of the molecule is Cc1nn(C)cc1C1CCCN1C(=O)NCCc1ccc2c(c1)OCCO2. The number of aryl methyl sites for hydroxylation is 2. The number of likely N-dealkylation sites (tertiary alicyclic amines) is 1. The van der Waals surface area contributed by atoms with Gasteiger partial charge in [0.05, 0.1) is 11.7 Å². The standard InChI is InChI=1S/C20H26N4O3/c1-14-16(13-23(2)22-14)17-4-3-9-24(17)20(25)21-8-7-15-5-6-18-19(12-15)27-11-10-26-18/h5-6,12-13,17H,3-4,7-11H2,1-2H3,(H,21,25). The second-order valence-electron chi connectivity index (χ2n) is 7.15. The van der Waals surface area contributed by atoms with Gasteiger partial charge in [-0.05, 0) is 43.9 Å². The van der Waals surface area contributed by atoms with E-state index in [1.54, 1.807) is 0 Å². The number of amides is 2. The Hall–Kier alpha value is -2.70. The Kier molecular flexibility index (Phi) is 4.92. The minimum absolute atomic E-state index is 0.00158. The predicted octanol–water partition coefficient (Wildman–Crippen LogP) is 2.59. The lowest BCUT2D eigenvalue weighted by molar-refractivity contribution is 0.171. The van der Waals surface area contributed by atoms with E-state index < -0.39 is 0 Å². The Bertz CT molecular complexity index is 833. The minimum atomic E-state index is -0.00158. The van der Waals surface area contributed by atoms with Crippen molar-refractivity contribution in [2.75, 3.05) is 26.3 Å². The second-order valence-corrected chi connectivity index (χ2v) is 7.15. The molecular formula is C20H26N4O3. The Balaban J connectivity index is 1.34. The molecule has 0 bridgehead atoms. The molecule has 1 saturated heterocycles. The van der Waals surface area contributed by atoms with Gasteiger partial charge in [-0.25, -0.2) is 4.79 Å². The highest BCUT2D eigenvalue weighted by Gasteiger charge is 2.31. The fraction of sp³-hybridized carbons (Fsp3) is 0.500. The number of urea groups is 1. The molecule has 7 nitrogen and oxygen atoms in total. The maximum absolute atomic E-state index is 12.7. The van der Waals surface area contributed by atoms with Crippen molar-refractivity contribution in [3.8, 4) is 11.5 Å². The van der Waals surface area contributed by atoms with E-state index in [0.717, 1.165) is 54.1 Å². The van der Waals surface area contributed by atoms with E-state index in [9.17, 15) is 4.79 Å². The van der Waals surface area contributed by atoms with Gasteiger partial charge in [0.15, 0.2) is 11.5 Å². The average Bonchev–Trinajstić information content (AvgIpc) is 3.27. The molecule has 2 aliphatic heterocycles. The Labute approximate surface area is 159 Å². The lowest BCUT2D eigenvalue weighted by atomic mass is 10.1. The molecule has 1 atom stereocenters. The molecule has 0 aliphatic carbocycles. The summed E-state index contributed by atoms with van der Waals surface area (Å²) in [7, 11) is 1.92. The maximum atomic E-state index is 12.7. The summed E-state index contributed by atoms with van der Waals surface area (Å²) >= 11 is 0. The highest BCUT2D eigenvalue weighted by Crippen LogP contribution is 2.33. The molecule has 1 fully saturated rings. The fourth-order valence-electron chi connectivity index (χ4n) is 3.94. The average molecular weight is 370 g/mol. The molecule has 144 valence electrons. The number of hydrogen-bond donors (Lipinski definition) is 1. The van der Waals surface area contributed by atoms with Gasteiger partial charge in [-0.3, -0.25) is 4.68 Å². The Morgan fingerprint density at radius 3 is 2.89 bits per heavy atom. The number of carbonyl (C=O) groups excluding carboxylic acids is 1. The molecule has 2 aromatic rings. The summed E-state index contributed by atoms with van der Waals surface area (Å²) in [4.78, 5) is 14.7. The van der Waals surface area contributed by atoms with Crippen LogP contribution in [0.15, 0.2) is 24.4 Å². The number of nitrogens with one attached hydrogen (secondary N) is 1. The van der Waals surface area contributed by atoms with E-state index in [1.807, 2.05) is 47.9 Å². The molecule has 27 heavy (non-hydrogen) atoms. The van der Waals surface area contributed by atoms with Gasteiger partial charge < -0.3 is 19.7 Å². The van der Waals surface area contributed by atoms with Crippen LogP contribution in [-0.2, 0) is 13.5 Å². The van der Waals surface area contributed by atoms with Crippen LogP contribution in [0.4, 0.5) is 4.79 Å². The van der Waals surface area contributed by atoms with Crippen LogP contribution < -0.4 is 14.8 Å². The van der Waals surface area contributed by atoms with Crippen molar-refractivity contribution in [3.63, 3.8) is 0 Å². The molecule has 0 radical (unpaired) electrons. The van der Waals surface area contributed by atoms with Crippen molar-refractivity contribution in [1.29, 1.82) is 0 Å². The van der Waals surface area contributed by atoms with E-state index in [4.69, 9.17) is 9.47 Å². The van der Waals surface area contributed by atoms with Crippen LogP contribution >= 0.6 is 0 Å². The van der Waals surface area contributed by atoms with Crippen LogP contribution in [0.5, 0.6) is 11.5 Å². The van der Waals surface area contributed by atoms with Gasteiger partial charge in [0.1, 0.15) is 13.2 Å². The molecule has 0 saturated carbocycles. The monoisotopic (exact) mass is 370 g/mol. The molecular weight excluding hydrogens is 344 g/mol. The van der Waals surface area contributed by atoms with Crippen molar-refractivity contribution in [2.24, 2.45) is 7.05 Å². The molecule has 1 N–H and O–H groups in total. The minimum Gasteiger partial charge on any atom is -0.486 e. The quantitative estimate of drug-likeness (QED) is 0.898. The van der Waals surface area contributed by atoms with Gasteiger partial charge >= 0.3 is 6.03 Å². The van der Waals surface area contributed by atoms with Gasteiger partial charge in [0.25, 0.3) is 0 Å². The zero-order valence-corrected chi connectivity index (χ0v) is 15.9. The number of benzene rings is 1. The van der Waals surface area contributed by atoms with Crippen molar-refractivity contribution in [2.45, 2.75) is 32.2 Å². The molecule has 7 heteroatoms. The fourth-order valence-corrected chi connectivity index (χ4v) is 3.94. The molecule has 1 aromatic heterocycles. The zero-order chi connectivity index (χ0) is 18.8. The lowest BCUT2D eigenvalue weighted by Gasteiger charge is -2.25. The number of aromatic nitrogens is 2. The summed E-state index contributed by atoms with van der Waals surface area (Å²) in [5.74, 6) is 1.58. The van der Waals surface area contributed by atoms with E-state index in [2.05, 4.69) is 10.4 Å². The molecule has 1 unspecified atom stereocenters. The first-order valence-corrected chi connectivity index (χ1v) is 9.55. The number of carbonyl (C=O) groups is 1. The molecule has 1 aromatic carbocycles. The Morgan fingerprint density at radius 2 is 2.11 bits per heavy atom. The van der Waals surface area contributed by atoms with E-state index in [0.29, 0.717) is 19.8 Å². The smallest absolute Gasteiger partial charge is 0.317 e. The number of nitrogens with zero attached hydrogens (tertiary/aromatic N) is 3. The number of hydrogen-bond acceptors (Lipinski definition) is 4. The highest BCUT2D eigenvalue weighted by atomic mass is 16.6. The summed E-state index contributed by atoms with van der Waals surface area (Å²) in [6.45, 7) is 4.56. The molecule has 3 heterocycles. The van der Waals surface area contributed by atoms with Crippen molar-refractivity contribution in [3.05, 3.63) is 41.2 Å². The number of rotatable bonds is 4. The van der Waals surface area contributed by atoms with Crippen LogP contribution in [0.2, 0.25) is 0 Å². The van der Waals surface area contributed by atoms with E-state index in [1.165, 1.54) is 0 Å². The third-order valence-electron chi connectivity index (χ3n) is 5.22. The largest absolute Gasteiger partial charge is 0.486 e. The summed E-state index contributed by atoms with van der Waals surface area (Å²) in [6, 6.07) is 6.08. The predicted molar refractivity (Wildman–Crippen MR) is 101 cm³/mol. The molecule has 4 rings (SSSR count). The highest BCUT2D eigenvalue weighted by molar-refractivity contribution is 5.75. The van der Waals surface area contributed by atoms with E-state index >= 15 is 0 Å². The maximum Gasteiger partial charge on any atom is 0.317 e. The van der Waals surface area contributed by atoms with Crippen molar-refractivity contribution in [1.82, 2.24) is 20.0 Å². The van der Waals surface area contributed by atoms with Gasteiger partial charge in [-0.15, -0.1) is 0 Å². The first-order valence-electron chi connectivity index (χ1n) is 9.55. The van der Waals surface area contributed by atoms with Crippen LogP contribution in [0.25, 0.3) is 0 Å². The first kappa shape index (κ1) is 17.7. The summed E-state index contributed by atoms with van der Waals surface area (Å²) < 4.78 is 13.0. The van der Waals surface area contributed by atoms with Crippen LogP contribution in [0.3, 0.4) is 0 Å². The summed E-state index contributed by atoms with van der Waals surface area (Å²) in [5.41, 5.74) is 3.27. The topological polar surface area (TPSA) is 68.6 Å². The normalized spacial score (nSPS) is 18.6. The van der Waals surface area contributed by atoms with E-state index in [-0.39, 0.29) is 12.1 Å². The lowest BCUT2D eigenvalue weighted by Crippen LogP contribution is -2.40. The van der Waals surface area contributed by atoms with Gasteiger partial charge in [-0.2, -0.15) is 5.10 Å². The second kappa shape index (κ2) is 7.50. The number of ether oxygens (including phenoxy) is 2. The van der Waals surface area contributed by atoms with Gasteiger partial charge in [0, 0.05) is 31.9 Å². The number of fused-ring (bicyclic) bond motifs is 1. The van der Waals surface area contributed by atoms with Crippen LogP contribution in [0, 0.1) is 6.92 Å². The summed E-state index contributed by atoms with van der Waals surface area (Å²) in [5, 5.41) is 7.49. The van der Waals surface area contributed by atoms with Crippen LogP contribution in [-0.4, -0.2) is 47.0 Å². The molecule has 2 amide bonds. The molecule has 2 aliphatic rings. The Morgan fingerprint density at radius 1 is 1.30 bits per heavy atom. The zero-order valence-electron chi connectivity index (χ0n) is 15.9. The van der Waals surface area contributed by atoms with Crippen molar-refractivity contribution < 1.29 is 14.3 Å². The van der Waals surface area contributed by atoms with Gasteiger partial charge in [-0.1, -0.05) is 6.07 Å². The summed E-state index contributed by atoms with van der Waals surface area (Å²) in [6.07, 6.45) is 4.80. The van der Waals surface area contributed by atoms with Gasteiger partial charge in [0.2, 0.25) is 0 Å². The third kappa shape index (κ3) is 3.72.